The van der Waals surface area contributed by atoms with Crippen LogP contribution in [-0.2, 0) is 5.54 Å². The van der Waals surface area contributed by atoms with Crippen LogP contribution < -0.4 is 5.73 Å². The molecule has 0 saturated carbocycles. The lowest BCUT2D eigenvalue weighted by Gasteiger charge is -2.23. The Kier molecular flexibility index (Phi) is 2.68. The Labute approximate surface area is 102 Å². The standard InChI is InChI=1S/C11H13FN4O2/c1-11(2,4-12)16-3-6(10(17)18)7-8(13)14-5-15-9(7)16/h3,5H,4H2,1-2H3,(H,17,18)(H2,13,14,15). The molecule has 6 nitrogen and oxygen atoms in total. The normalized spacial score (nSPS) is 11.9. The van der Waals surface area contributed by atoms with Gasteiger partial charge in [-0.2, -0.15) is 0 Å². The van der Waals surface area contributed by atoms with Crippen molar-refractivity contribution < 1.29 is 14.3 Å². The van der Waals surface area contributed by atoms with Gasteiger partial charge in [-0.15, -0.1) is 0 Å². The number of rotatable bonds is 3. The average Bonchev–Trinajstić information content (AvgIpc) is 2.70. The minimum atomic E-state index is -1.14. The second-order valence-electron chi connectivity index (χ2n) is 4.62. The number of halogens is 1. The zero-order chi connectivity index (χ0) is 13.5. The molecule has 7 heteroatoms. The lowest BCUT2D eigenvalue weighted by atomic mass is 10.1. The summed E-state index contributed by atoms with van der Waals surface area (Å²) < 4.78 is 14.5. The highest BCUT2D eigenvalue weighted by atomic mass is 19.1. The van der Waals surface area contributed by atoms with Crippen molar-refractivity contribution in [3.63, 3.8) is 0 Å². The van der Waals surface area contributed by atoms with Crippen molar-refractivity contribution >= 4 is 22.8 Å². The molecule has 3 N–H and O–H groups in total. The third-order valence-electron chi connectivity index (χ3n) is 2.82. The van der Waals surface area contributed by atoms with Crippen LogP contribution in [-0.4, -0.2) is 32.3 Å². The van der Waals surface area contributed by atoms with E-state index in [-0.39, 0.29) is 16.8 Å². The number of carbonyl (C=O) groups is 1. The molecule has 0 aliphatic heterocycles. The highest BCUT2D eigenvalue weighted by Gasteiger charge is 2.27. The summed E-state index contributed by atoms with van der Waals surface area (Å²) in [5.74, 6) is -1.07. The van der Waals surface area contributed by atoms with E-state index >= 15 is 0 Å². The van der Waals surface area contributed by atoms with E-state index in [1.54, 1.807) is 13.8 Å². The Morgan fingerprint density at radius 3 is 2.78 bits per heavy atom. The first-order chi connectivity index (χ1) is 8.38. The SMILES string of the molecule is CC(C)(CF)n1cc(C(=O)O)c2c(N)ncnc21. The Morgan fingerprint density at radius 1 is 1.56 bits per heavy atom. The number of nitrogens with two attached hydrogens (primary N) is 1. The maximum Gasteiger partial charge on any atom is 0.338 e. The fourth-order valence-electron chi connectivity index (χ4n) is 1.77. The van der Waals surface area contributed by atoms with E-state index < -0.39 is 18.2 Å². The molecule has 2 aromatic heterocycles. The van der Waals surface area contributed by atoms with Gasteiger partial charge in [0.2, 0.25) is 0 Å². The highest BCUT2D eigenvalue weighted by Crippen LogP contribution is 2.29. The summed E-state index contributed by atoms with van der Waals surface area (Å²) >= 11 is 0. The number of nitrogens with zero attached hydrogens (tertiary/aromatic N) is 3. The van der Waals surface area contributed by atoms with Crippen LogP contribution in [0.3, 0.4) is 0 Å². The molecule has 2 rings (SSSR count). The molecule has 0 fully saturated rings. The molecule has 0 aliphatic carbocycles. The second kappa shape index (κ2) is 3.94. The molecule has 0 unspecified atom stereocenters. The summed E-state index contributed by atoms with van der Waals surface area (Å²) in [5.41, 5.74) is 5.07. The van der Waals surface area contributed by atoms with Gasteiger partial charge in [-0.3, -0.25) is 0 Å². The number of nitrogen functional groups attached to an aromatic ring is 1. The van der Waals surface area contributed by atoms with Crippen LogP contribution in [0, 0.1) is 0 Å². The lowest BCUT2D eigenvalue weighted by Crippen LogP contribution is -2.28. The molecular weight excluding hydrogens is 239 g/mol. The molecule has 2 heterocycles. The van der Waals surface area contributed by atoms with Crippen molar-refractivity contribution in [1.82, 2.24) is 14.5 Å². The number of hydrogen-bond donors (Lipinski definition) is 2. The average molecular weight is 252 g/mol. The van der Waals surface area contributed by atoms with Crippen molar-refractivity contribution in [1.29, 1.82) is 0 Å². The van der Waals surface area contributed by atoms with Crippen molar-refractivity contribution in [3.05, 3.63) is 18.1 Å². The summed E-state index contributed by atoms with van der Waals surface area (Å²) in [6.45, 7) is 2.65. The first-order valence-corrected chi connectivity index (χ1v) is 5.29. The first-order valence-electron chi connectivity index (χ1n) is 5.29. The van der Waals surface area contributed by atoms with Gasteiger partial charge < -0.3 is 15.4 Å². The molecule has 0 radical (unpaired) electrons. The second-order valence-corrected chi connectivity index (χ2v) is 4.62. The highest BCUT2D eigenvalue weighted by molar-refractivity contribution is 6.06. The Hall–Kier alpha value is -2.18. The summed E-state index contributed by atoms with van der Waals surface area (Å²) in [5, 5.41) is 9.38. The summed E-state index contributed by atoms with van der Waals surface area (Å²) in [6, 6.07) is 0. The maximum atomic E-state index is 13.1. The van der Waals surface area contributed by atoms with Crippen molar-refractivity contribution in [3.8, 4) is 0 Å². The summed E-state index contributed by atoms with van der Waals surface area (Å²) in [4.78, 5) is 18.9. The van der Waals surface area contributed by atoms with E-state index in [2.05, 4.69) is 9.97 Å². The molecule has 0 amide bonds. The van der Waals surface area contributed by atoms with E-state index in [0.717, 1.165) is 0 Å². The van der Waals surface area contributed by atoms with Gasteiger partial charge in [0.05, 0.1) is 16.5 Å². The maximum absolute atomic E-state index is 13.1. The predicted octanol–water partition coefficient (Wildman–Crippen LogP) is 1.42. The van der Waals surface area contributed by atoms with Crippen LogP contribution in [0.2, 0.25) is 0 Å². The molecular formula is C11H13FN4O2. The van der Waals surface area contributed by atoms with E-state index in [4.69, 9.17) is 10.8 Å². The van der Waals surface area contributed by atoms with Crippen LogP contribution in [0.4, 0.5) is 10.2 Å². The van der Waals surface area contributed by atoms with Crippen LogP contribution >= 0.6 is 0 Å². The van der Waals surface area contributed by atoms with Gasteiger partial charge in [-0.25, -0.2) is 19.2 Å². The van der Waals surface area contributed by atoms with Crippen molar-refractivity contribution in [2.75, 3.05) is 12.4 Å². The monoisotopic (exact) mass is 252 g/mol. The number of hydrogen-bond acceptors (Lipinski definition) is 4. The van der Waals surface area contributed by atoms with Crippen molar-refractivity contribution in [2.24, 2.45) is 0 Å². The van der Waals surface area contributed by atoms with Gasteiger partial charge in [0.25, 0.3) is 0 Å². The Balaban J connectivity index is 2.86. The molecule has 18 heavy (non-hydrogen) atoms. The van der Waals surface area contributed by atoms with E-state index in [1.165, 1.54) is 17.1 Å². The number of alkyl halides is 1. The van der Waals surface area contributed by atoms with Crippen LogP contribution in [0.25, 0.3) is 11.0 Å². The van der Waals surface area contributed by atoms with Crippen LogP contribution in [0.5, 0.6) is 0 Å². The fraction of sp³-hybridized carbons (Fsp3) is 0.364. The topological polar surface area (TPSA) is 94.0 Å². The largest absolute Gasteiger partial charge is 0.478 e. The molecule has 2 aromatic rings. The number of anilines is 1. The fourth-order valence-corrected chi connectivity index (χ4v) is 1.77. The van der Waals surface area contributed by atoms with Gasteiger partial charge >= 0.3 is 5.97 Å². The predicted molar refractivity (Wildman–Crippen MR) is 64.2 cm³/mol. The van der Waals surface area contributed by atoms with Gasteiger partial charge in [0, 0.05) is 6.20 Å². The summed E-state index contributed by atoms with van der Waals surface area (Å²) in [6.07, 6.45) is 2.58. The van der Waals surface area contributed by atoms with E-state index in [9.17, 15) is 9.18 Å². The number of carboxylic acids is 1. The number of aromatic nitrogens is 3. The third kappa shape index (κ3) is 1.68. The molecule has 0 bridgehead atoms. The molecule has 0 aromatic carbocycles. The quantitative estimate of drug-likeness (QED) is 0.861. The van der Waals surface area contributed by atoms with E-state index in [1.807, 2.05) is 0 Å². The smallest absolute Gasteiger partial charge is 0.338 e. The molecule has 0 spiro atoms. The van der Waals surface area contributed by atoms with E-state index in [0.29, 0.717) is 5.65 Å². The van der Waals surface area contributed by atoms with Crippen LogP contribution in [0.1, 0.15) is 24.2 Å². The minimum Gasteiger partial charge on any atom is -0.478 e. The van der Waals surface area contributed by atoms with Gasteiger partial charge in [0.15, 0.2) is 0 Å². The molecule has 0 saturated heterocycles. The van der Waals surface area contributed by atoms with Crippen LogP contribution in [0.15, 0.2) is 12.5 Å². The van der Waals surface area contributed by atoms with Gasteiger partial charge in [-0.1, -0.05) is 0 Å². The molecule has 0 atom stereocenters. The minimum absolute atomic E-state index is 0.0235. The zero-order valence-electron chi connectivity index (χ0n) is 10.0. The number of aromatic carboxylic acids is 1. The summed E-state index contributed by atoms with van der Waals surface area (Å²) in [7, 11) is 0. The third-order valence-corrected chi connectivity index (χ3v) is 2.82. The van der Waals surface area contributed by atoms with Crippen molar-refractivity contribution in [2.45, 2.75) is 19.4 Å². The first kappa shape index (κ1) is 12.3. The Bertz CT molecular complexity index is 621. The van der Waals surface area contributed by atoms with Gasteiger partial charge in [0.1, 0.15) is 24.5 Å². The van der Waals surface area contributed by atoms with Gasteiger partial charge in [-0.05, 0) is 13.8 Å². The molecule has 0 aliphatic rings. The lowest BCUT2D eigenvalue weighted by molar-refractivity contribution is 0.0698. The number of carboxylic acid groups (broad SMARTS) is 1. The zero-order valence-corrected chi connectivity index (χ0v) is 10.0. The Morgan fingerprint density at radius 2 is 2.22 bits per heavy atom. The number of fused-ring (bicyclic) bond motifs is 1. The molecule has 96 valence electrons.